The molecule has 1 N–H and O–H groups in total. The van der Waals surface area contributed by atoms with E-state index >= 15 is 0 Å². The van der Waals surface area contributed by atoms with Crippen molar-refractivity contribution in [3.05, 3.63) is 17.7 Å². The molecule has 5 nitrogen and oxygen atoms in total. The molecule has 2 unspecified atom stereocenters. The number of imidazole rings is 1. The average molecular weight is 250 g/mol. The van der Waals surface area contributed by atoms with Crippen LogP contribution in [0.4, 0.5) is 0 Å². The smallest absolute Gasteiger partial charge is 0.306 e. The number of carboxylic acid groups (broad SMARTS) is 1. The predicted molar refractivity (Wildman–Crippen MR) is 64.3 cm³/mol. The summed E-state index contributed by atoms with van der Waals surface area (Å²) < 4.78 is 7.59. The summed E-state index contributed by atoms with van der Waals surface area (Å²) in [5.41, 5.74) is 1.07. The lowest BCUT2D eigenvalue weighted by Crippen LogP contribution is -2.26. The van der Waals surface area contributed by atoms with Crippen molar-refractivity contribution in [3.63, 3.8) is 0 Å². The molecule has 2 aliphatic heterocycles. The first-order valence-corrected chi connectivity index (χ1v) is 6.58. The summed E-state index contributed by atoms with van der Waals surface area (Å²) in [5.74, 6) is 0.753. The third kappa shape index (κ3) is 2.14. The van der Waals surface area contributed by atoms with E-state index in [0.717, 1.165) is 44.1 Å². The highest BCUT2D eigenvalue weighted by Gasteiger charge is 2.27. The van der Waals surface area contributed by atoms with Crippen molar-refractivity contribution in [3.8, 4) is 0 Å². The molecule has 1 saturated heterocycles. The van der Waals surface area contributed by atoms with Gasteiger partial charge >= 0.3 is 5.97 Å². The van der Waals surface area contributed by atoms with E-state index in [1.54, 1.807) is 0 Å². The molecule has 0 aliphatic carbocycles. The molecule has 0 amide bonds. The van der Waals surface area contributed by atoms with Gasteiger partial charge in [0.05, 0.1) is 5.92 Å². The Balaban J connectivity index is 1.73. The number of carboxylic acids is 1. The third-order valence-electron chi connectivity index (χ3n) is 4.02. The summed E-state index contributed by atoms with van der Waals surface area (Å²) in [5, 5.41) is 9.05. The first-order valence-electron chi connectivity index (χ1n) is 6.58. The Kier molecular flexibility index (Phi) is 3.07. The summed E-state index contributed by atoms with van der Waals surface area (Å²) in [6.45, 7) is 2.48. The van der Waals surface area contributed by atoms with Crippen molar-refractivity contribution < 1.29 is 14.6 Å². The van der Waals surface area contributed by atoms with E-state index < -0.39 is 5.97 Å². The number of hydrogen-bond donors (Lipinski definition) is 1. The van der Waals surface area contributed by atoms with E-state index in [2.05, 4.69) is 9.55 Å². The molecule has 0 bridgehead atoms. The zero-order chi connectivity index (χ0) is 12.5. The quantitative estimate of drug-likeness (QED) is 0.872. The lowest BCUT2D eigenvalue weighted by atomic mass is 9.96. The van der Waals surface area contributed by atoms with Crippen molar-refractivity contribution in [2.24, 2.45) is 11.8 Å². The van der Waals surface area contributed by atoms with Crippen LogP contribution in [0.3, 0.4) is 0 Å². The predicted octanol–water partition coefficient (Wildman–Crippen LogP) is 1.11. The molecular weight excluding hydrogens is 232 g/mol. The topological polar surface area (TPSA) is 64.3 Å². The van der Waals surface area contributed by atoms with Crippen molar-refractivity contribution in [1.29, 1.82) is 0 Å². The Morgan fingerprint density at radius 1 is 1.56 bits per heavy atom. The molecule has 1 aromatic heterocycles. The summed E-state index contributed by atoms with van der Waals surface area (Å²) >= 11 is 0. The second kappa shape index (κ2) is 4.72. The van der Waals surface area contributed by atoms with Crippen LogP contribution < -0.4 is 0 Å². The van der Waals surface area contributed by atoms with Gasteiger partial charge in [-0.1, -0.05) is 0 Å². The molecular formula is C13H18N2O3. The van der Waals surface area contributed by atoms with Crippen molar-refractivity contribution in [2.75, 3.05) is 13.2 Å². The van der Waals surface area contributed by atoms with Gasteiger partial charge in [-0.3, -0.25) is 4.79 Å². The van der Waals surface area contributed by atoms with E-state index in [9.17, 15) is 4.79 Å². The summed E-state index contributed by atoms with van der Waals surface area (Å²) in [6, 6.07) is 0. The molecule has 18 heavy (non-hydrogen) atoms. The van der Waals surface area contributed by atoms with Crippen LogP contribution in [0.5, 0.6) is 0 Å². The van der Waals surface area contributed by atoms with E-state index in [1.807, 2.05) is 6.20 Å². The number of aliphatic carboxylic acids is 1. The Morgan fingerprint density at radius 3 is 3.17 bits per heavy atom. The van der Waals surface area contributed by atoms with Crippen LogP contribution >= 0.6 is 0 Å². The van der Waals surface area contributed by atoms with E-state index in [1.165, 1.54) is 0 Å². The minimum Gasteiger partial charge on any atom is -0.481 e. The van der Waals surface area contributed by atoms with Crippen molar-refractivity contribution in [2.45, 2.75) is 32.2 Å². The van der Waals surface area contributed by atoms with Gasteiger partial charge in [-0.25, -0.2) is 4.98 Å². The molecule has 5 heteroatoms. The van der Waals surface area contributed by atoms with Crippen molar-refractivity contribution in [1.82, 2.24) is 9.55 Å². The first-order chi connectivity index (χ1) is 8.74. The highest BCUT2D eigenvalue weighted by molar-refractivity contribution is 5.70. The number of ether oxygens (including phenoxy) is 1. The summed E-state index contributed by atoms with van der Waals surface area (Å²) in [6.07, 6.45) is 5.24. The molecule has 1 aromatic rings. The molecule has 0 saturated carbocycles. The maximum absolute atomic E-state index is 11.0. The standard InChI is InChI=1S/C13H18N2O3/c16-13(17)10-1-3-15-11(6-10)7-14-12(15)5-9-2-4-18-8-9/h7,9-10H,1-6,8H2,(H,16,17). The number of fused-ring (bicyclic) bond motifs is 1. The Bertz CT molecular complexity index is 449. The molecule has 0 spiro atoms. The molecule has 0 aromatic carbocycles. The molecule has 98 valence electrons. The Morgan fingerprint density at radius 2 is 2.44 bits per heavy atom. The maximum atomic E-state index is 11.0. The number of rotatable bonds is 3. The summed E-state index contributed by atoms with van der Waals surface area (Å²) in [7, 11) is 0. The highest BCUT2D eigenvalue weighted by atomic mass is 16.5. The summed E-state index contributed by atoms with van der Waals surface area (Å²) in [4.78, 5) is 15.5. The molecule has 3 heterocycles. The minimum atomic E-state index is -0.687. The molecule has 2 atom stereocenters. The van der Waals surface area contributed by atoms with Gasteiger partial charge in [0.15, 0.2) is 0 Å². The van der Waals surface area contributed by atoms with Crippen LogP contribution in [0.2, 0.25) is 0 Å². The Labute approximate surface area is 106 Å². The van der Waals surface area contributed by atoms with Crippen LogP contribution in [0, 0.1) is 11.8 Å². The van der Waals surface area contributed by atoms with Gasteiger partial charge < -0.3 is 14.4 Å². The fourth-order valence-electron chi connectivity index (χ4n) is 2.91. The van der Waals surface area contributed by atoms with Gasteiger partial charge in [0, 0.05) is 44.5 Å². The number of hydrogen-bond acceptors (Lipinski definition) is 3. The normalized spacial score (nSPS) is 27.1. The van der Waals surface area contributed by atoms with Crippen LogP contribution in [0.1, 0.15) is 24.4 Å². The monoisotopic (exact) mass is 250 g/mol. The number of nitrogens with zero attached hydrogens (tertiary/aromatic N) is 2. The molecule has 3 rings (SSSR count). The third-order valence-corrected chi connectivity index (χ3v) is 4.02. The molecule has 2 aliphatic rings. The molecule has 1 fully saturated rings. The van der Waals surface area contributed by atoms with Gasteiger partial charge in [0.2, 0.25) is 0 Å². The van der Waals surface area contributed by atoms with Gasteiger partial charge in [0.25, 0.3) is 0 Å². The lowest BCUT2D eigenvalue weighted by Gasteiger charge is -2.22. The van der Waals surface area contributed by atoms with Gasteiger partial charge in [-0.15, -0.1) is 0 Å². The maximum Gasteiger partial charge on any atom is 0.306 e. The number of carbonyl (C=O) groups is 1. The van der Waals surface area contributed by atoms with Gasteiger partial charge in [-0.05, 0) is 18.8 Å². The van der Waals surface area contributed by atoms with Crippen LogP contribution in [-0.4, -0.2) is 33.8 Å². The van der Waals surface area contributed by atoms with E-state index in [-0.39, 0.29) is 5.92 Å². The van der Waals surface area contributed by atoms with Crippen LogP contribution in [0.15, 0.2) is 6.20 Å². The second-order valence-electron chi connectivity index (χ2n) is 5.28. The SMILES string of the molecule is O=C(O)C1CCn2c(cnc2CC2CCOC2)C1. The fraction of sp³-hybridized carbons (Fsp3) is 0.692. The Hall–Kier alpha value is -1.36. The lowest BCUT2D eigenvalue weighted by molar-refractivity contribution is -0.142. The highest BCUT2D eigenvalue weighted by Crippen LogP contribution is 2.25. The van der Waals surface area contributed by atoms with Gasteiger partial charge in [-0.2, -0.15) is 0 Å². The van der Waals surface area contributed by atoms with Crippen molar-refractivity contribution >= 4 is 5.97 Å². The number of aromatic nitrogens is 2. The zero-order valence-corrected chi connectivity index (χ0v) is 10.3. The molecule has 0 radical (unpaired) electrons. The van der Waals surface area contributed by atoms with Gasteiger partial charge in [0.1, 0.15) is 5.82 Å². The largest absolute Gasteiger partial charge is 0.481 e. The minimum absolute atomic E-state index is 0.239. The van der Waals surface area contributed by atoms with Crippen LogP contribution in [0.25, 0.3) is 0 Å². The van der Waals surface area contributed by atoms with E-state index in [4.69, 9.17) is 9.84 Å². The second-order valence-corrected chi connectivity index (χ2v) is 5.28. The first kappa shape index (κ1) is 11.7. The fourth-order valence-corrected chi connectivity index (χ4v) is 2.91. The average Bonchev–Trinajstić information content (AvgIpc) is 2.99. The van der Waals surface area contributed by atoms with Crippen LogP contribution in [-0.2, 0) is 28.9 Å². The zero-order valence-electron chi connectivity index (χ0n) is 10.3. The van der Waals surface area contributed by atoms with E-state index in [0.29, 0.717) is 18.8 Å².